The summed E-state index contributed by atoms with van der Waals surface area (Å²) in [4.78, 5) is 5.95. The molecule has 0 spiro atoms. The van der Waals surface area contributed by atoms with Crippen LogP contribution in [0, 0.1) is 0 Å². The van der Waals surface area contributed by atoms with Crippen molar-refractivity contribution in [2.75, 3.05) is 6.61 Å². The molecular weight excluding hydrogens is 683 g/mol. The summed E-state index contributed by atoms with van der Waals surface area (Å²) in [5, 5.41) is 4.74. The van der Waals surface area contributed by atoms with Crippen molar-refractivity contribution < 1.29 is 9.57 Å². The second-order valence-electron chi connectivity index (χ2n) is 17.2. The predicted octanol–water partition coefficient (Wildman–Crippen LogP) is 18.2. The van der Waals surface area contributed by atoms with Crippen LogP contribution in [0.2, 0.25) is 0 Å². The number of ether oxygens (including phenoxy) is 1. The summed E-state index contributed by atoms with van der Waals surface area (Å²) >= 11 is 0. The van der Waals surface area contributed by atoms with Gasteiger partial charge in [-0.05, 0) is 135 Å². The third kappa shape index (κ3) is 37.9. The smallest absolute Gasteiger partial charge is 0.117 e. The van der Waals surface area contributed by atoms with E-state index in [0.29, 0.717) is 12.2 Å². The SMILES string of the molecule is CCCCC/C=C\C/C=C\CCCCCCCCC(CCCCCCCC/C=C\C/C=C\CCCCC)=NOCCCCCCC1CCCC(CCCCC)O1. The number of oxime groups is 1. The fraction of sp³-hybridized carbons (Fsp3) is 0.830. The van der Waals surface area contributed by atoms with E-state index in [0.717, 1.165) is 38.7 Å². The molecule has 1 saturated heterocycles. The van der Waals surface area contributed by atoms with E-state index in [2.05, 4.69) is 69.4 Å². The molecule has 0 aromatic rings. The highest BCUT2D eigenvalue weighted by Gasteiger charge is 2.21. The minimum atomic E-state index is 0.512. The fourth-order valence-electron chi connectivity index (χ4n) is 7.91. The van der Waals surface area contributed by atoms with Gasteiger partial charge >= 0.3 is 0 Å². The van der Waals surface area contributed by atoms with Gasteiger partial charge in [-0.25, -0.2) is 0 Å². The standard InChI is InChI=1S/C53H97NO2/c1-4-7-10-12-14-16-18-20-22-24-26-28-30-32-34-39-44-51(45-40-35-33-31-29-27-25-23-21-19-17-15-13-11-8-5-2)54-55-50-42-37-36-41-47-53-49-43-48-52(56-53)46-38-9-6-3/h14-17,20-23,52-53H,4-13,18-19,24-50H2,1-3H3/b16-14-,17-15-,22-20-,23-21-. The molecule has 0 aromatic carbocycles. The summed E-state index contributed by atoms with van der Waals surface area (Å²) in [5.74, 6) is 0. The summed E-state index contributed by atoms with van der Waals surface area (Å²) in [5.41, 5.74) is 1.32. The van der Waals surface area contributed by atoms with E-state index < -0.39 is 0 Å². The van der Waals surface area contributed by atoms with Crippen LogP contribution < -0.4 is 0 Å². The molecule has 0 N–H and O–H groups in total. The Morgan fingerprint density at radius 1 is 0.446 bits per heavy atom. The van der Waals surface area contributed by atoms with E-state index in [1.54, 1.807) is 0 Å². The summed E-state index contributed by atoms with van der Waals surface area (Å²) in [6, 6.07) is 0. The average molecular weight is 780 g/mol. The number of nitrogens with zero attached hydrogens (tertiary/aromatic N) is 1. The average Bonchev–Trinajstić information content (AvgIpc) is 3.21. The Hall–Kier alpha value is -1.61. The molecule has 1 aliphatic heterocycles. The van der Waals surface area contributed by atoms with E-state index in [9.17, 15) is 0 Å². The number of rotatable bonds is 42. The van der Waals surface area contributed by atoms with Gasteiger partial charge in [0.15, 0.2) is 0 Å². The van der Waals surface area contributed by atoms with E-state index in [-0.39, 0.29) is 0 Å². The number of allylic oxidation sites excluding steroid dienone is 8. The molecule has 0 saturated carbocycles. The van der Waals surface area contributed by atoms with Gasteiger partial charge in [0.05, 0.1) is 17.9 Å². The molecule has 1 aliphatic rings. The maximum atomic E-state index is 6.44. The predicted molar refractivity (Wildman–Crippen MR) is 251 cm³/mol. The van der Waals surface area contributed by atoms with Crippen LogP contribution in [-0.2, 0) is 9.57 Å². The molecule has 56 heavy (non-hydrogen) atoms. The molecule has 0 bridgehead atoms. The fourth-order valence-corrected chi connectivity index (χ4v) is 7.91. The Morgan fingerprint density at radius 2 is 0.821 bits per heavy atom. The Morgan fingerprint density at radius 3 is 1.30 bits per heavy atom. The van der Waals surface area contributed by atoms with Crippen LogP contribution in [0.3, 0.4) is 0 Å². The number of hydrogen-bond acceptors (Lipinski definition) is 3. The van der Waals surface area contributed by atoms with Crippen LogP contribution in [0.5, 0.6) is 0 Å². The highest BCUT2D eigenvalue weighted by Crippen LogP contribution is 2.26. The largest absolute Gasteiger partial charge is 0.396 e. The molecular formula is C53H97NO2. The van der Waals surface area contributed by atoms with Crippen LogP contribution in [0.1, 0.15) is 265 Å². The van der Waals surface area contributed by atoms with Gasteiger partial charge in [-0.2, -0.15) is 0 Å². The molecule has 326 valence electrons. The monoisotopic (exact) mass is 780 g/mol. The zero-order valence-corrected chi connectivity index (χ0v) is 38.1. The lowest BCUT2D eigenvalue weighted by atomic mass is 9.97. The topological polar surface area (TPSA) is 30.8 Å². The van der Waals surface area contributed by atoms with E-state index in [4.69, 9.17) is 14.7 Å². The van der Waals surface area contributed by atoms with Gasteiger partial charge in [-0.3, -0.25) is 0 Å². The maximum absolute atomic E-state index is 6.44. The maximum Gasteiger partial charge on any atom is 0.117 e. The van der Waals surface area contributed by atoms with E-state index in [1.807, 2.05) is 0 Å². The zero-order valence-electron chi connectivity index (χ0n) is 38.1. The molecule has 1 heterocycles. The van der Waals surface area contributed by atoms with E-state index >= 15 is 0 Å². The second kappa shape index (κ2) is 44.5. The lowest BCUT2D eigenvalue weighted by molar-refractivity contribution is -0.0578. The molecule has 2 atom stereocenters. The highest BCUT2D eigenvalue weighted by atomic mass is 16.6. The first-order chi connectivity index (χ1) is 27.8. The van der Waals surface area contributed by atoms with Crippen LogP contribution >= 0.6 is 0 Å². The van der Waals surface area contributed by atoms with Crippen molar-refractivity contribution in [2.24, 2.45) is 5.16 Å². The molecule has 2 unspecified atom stereocenters. The second-order valence-corrected chi connectivity index (χ2v) is 17.2. The first kappa shape index (κ1) is 52.4. The number of hydrogen-bond donors (Lipinski definition) is 0. The molecule has 1 fully saturated rings. The molecule has 0 radical (unpaired) electrons. The van der Waals surface area contributed by atoms with Crippen molar-refractivity contribution >= 4 is 5.71 Å². The number of unbranched alkanes of at least 4 members (excludes halogenated alkanes) is 23. The van der Waals surface area contributed by atoms with Crippen LogP contribution in [-0.4, -0.2) is 24.5 Å². The van der Waals surface area contributed by atoms with Gasteiger partial charge in [0, 0.05) is 0 Å². The Labute approximate surface area is 351 Å². The lowest BCUT2D eigenvalue weighted by Crippen LogP contribution is -2.27. The van der Waals surface area contributed by atoms with Crippen molar-refractivity contribution in [3.63, 3.8) is 0 Å². The third-order valence-corrected chi connectivity index (χ3v) is 11.6. The molecule has 3 nitrogen and oxygen atoms in total. The summed E-state index contributed by atoms with van der Waals surface area (Å²) < 4.78 is 6.44. The summed E-state index contributed by atoms with van der Waals surface area (Å²) in [6.07, 6.45) is 68.8. The Bertz CT molecular complexity index is 882. The van der Waals surface area contributed by atoms with Crippen molar-refractivity contribution in [3.05, 3.63) is 48.6 Å². The highest BCUT2D eigenvalue weighted by molar-refractivity contribution is 5.83. The summed E-state index contributed by atoms with van der Waals surface area (Å²) in [7, 11) is 0. The zero-order chi connectivity index (χ0) is 40.1. The lowest BCUT2D eigenvalue weighted by Gasteiger charge is -2.30. The first-order valence-electron chi connectivity index (χ1n) is 25.2. The molecule has 0 aromatic heterocycles. The molecule has 0 aliphatic carbocycles. The van der Waals surface area contributed by atoms with Gasteiger partial charge in [0.2, 0.25) is 0 Å². The molecule has 1 rings (SSSR count). The van der Waals surface area contributed by atoms with E-state index in [1.165, 1.54) is 218 Å². The molecule has 0 amide bonds. The van der Waals surface area contributed by atoms with Gasteiger partial charge in [-0.1, -0.05) is 184 Å². The van der Waals surface area contributed by atoms with Crippen molar-refractivity contribution in [1.29, 1.82) is 0 Å². The van der Waals surface area contributed by atoms with Gasteiger partial charge < -0.3 is 9.57 Å². The van der Waals surface area contributed by atoms with Crippen LogP contribution in [0.25, 0.3) is 0 Å². The van der Waals surface area contributed by atoms with Gasteiger partial charge in [0.1, 0.15) is 6.61 Å². The minimum Gasteiger partial charge on any atom is -0.396 e. The third-order valence-electron chi connectivity index (χ3n) is 11.6. The Balaban J connectivity index is 2.23. The van der Waals surface area contributed by atoms with Crippen molar-refractivity contribution in [3.8, 4) is 0 Å². The van der Waals surface area contributed by atoms with Gasteiger partial charge in [-0.15, -0.1) is 0 Å². The normalized spacial score (nSPS) is 16.3. The van der Waals surface area contributed by atoms with Crippen molar-refractivity contribution in [2.45, 2.75) is 277 Å². The molecule has 3 heteroatoms. The first-order valence-corrected chi connectivity index (χ1v) is 25.2. The minimum absolute atomic E-state index is 0.512. The van der Waals surface area contributed by atoms with Crippen LogP contribution in [0.4, 0.5) is 0 Å². The van der Waals surface area contributed by atoms with Crippen LogP contribution in [0.15, 0.2) is 53.8 Å². The Kier molecular flexibility index (Phi) is 41.6. The van der Waals surface area contributed by atoms with Gasteiger partial charge in [0.25, 0.3) is 0 Å². The summed E-state index contributed by atoms with van der Waals surface area (Å²) in [6.45, 7) is 7.61. The quantitative estimate of drug-likeness (QED) is 0.0267. The van der Waals surface area contributed by atoms with Crippen molar-refractivity contribution in [1.82, 2.24) is 0 Å².